The van der Waals surface area contributed by atoms with Crippen LogP contribution < -0.4 is 15.2 Å². The summed E-state index contributed by atoms with van der Waals surface area (Å²) in [6.07, 6.45) is 0. The molecule has 0 aliphatic carbocycles. The molecule has 0 saturated heterocycles. The van der Waals surface area contributed by atoms with Crippen LogP contribution in [0.3, 0.4) is 0 Å². The van der Waals surface area contributed by atoms with Crippen LogP contribution in [0.4, 0.5) is 11.5 Å². The number of anilines is 2. The summed E-state index contributed by atoms with van der Waals surface area (Å²) in [5, 5.41) is 7.36. The van der Waals surface area contributed by atoms with Gasteiger partial charge in [-0.2, -0.15) is 0 Å². The van der Waals surface area contributed by atoms with E-state index in [1.165, 1.54) is 43.5 Å². The van der Waals surface area contributed by atoms with E-state index in [1.807, 2.05) is 0 Å². The number of nitrogens with two attached hydrogens (primary N) is 1. The minimum absolute atomic E-state index is 0. The Kier molecular flexibility index (Phi) is 5.75. The van der Waals surface area contributed by atoms with Crippen molar-refractivity contribution in [2.24, 2.45) is 0 Å². The maximum atomic E-state index is 12.0. The number of nitrogen functional groups attached to an aromatic ring is 1. The third-order valence-corrected chi connectivity index (χ3v) is 3.65. The largest absolute Gasteiger partial charge is 0.480 e. The Labute approximate surface area is 138 Å². The van der Waals surface area contributed by atoms with Crippen molar-refractivity contribution >= 4 is 51.1 Å². The summed E-state index contributed by atoms with van der Waals surface area (Å²) in [5.41, 5.74) is 5.99. The zero-order chi connectivity index (χ0) is 13.9. The summed E-state index contributed by atoms with van der Waals surface area (Å²) >= 11 is 0. The van der Waals surface area contributed by atoms with Crippen molar-refractivity contribution < 1.29 is 13.2 Å². The number of nitrogens with zero attached hydrogens (tertiary/aromatic N) is 2. The number of ether oxygens (including phenoxy) is 1. The Bertz CT molecular complexity index is 659. The van der Waals surface area contributed by atoms with Gasteiger partial charge >= 0.3 is 0 Å². The first-order valence-corrected chi connectivity index (χ1v) is 6.76. The van der Waals surface area contributed by atoms with Crippen LogP contribution in [0.1, 0.15) is 0 Å². The second-order valence-corrected chi connectivity index (χ2v) is 5.32. The molecule has 1 aromatic carbocycles. The van der Waals surface area contributed by atoms with E-state index in [9.17, 15) is 8.42 Å². The smallest absolute Gasteiger partial charge is 0.263 e. The van der Waals surface area contributed by atoms with Crippen LogP contribution in [0.5, 0.6) is 5.88 Å². The van der Waals surface area contributed by atoms with Crippen LogP contribution in [-0.2, 0) is 10.0 Å². The fourth-order valence-corrected chi connectivity index (χ4v) is 2.32. The first kappa shape index (κ1) is 16.7. The number of methoxy groups -OCH3 is 1. The summed E-state index contributed by atoms with van der Waals surface area (Å²) in [6, 6.07) is 8.81. The van der Waals surface area contributed by atoms with Crippen molar-refractivity contribution in [3.63, 3.8) is 0 Å². The normalized spacial score (nSPS) is 10.4. The van der Waals surface area contributed by atoms with Crippen molar-refractivity contribution in [1.29, 1.82) is 0 Å². The molecule has 7 nitrogen and oxygen atoms in total. The van der Waals surface area contributed by atoms with Crippen molar-refractivity contribution in [3.05, 3.63) is 36.4 Å². The predicted molar refractivity (Wildman–Crippen MR) is 76.0 cm³/mol. The average Bonchev–Trinajstić information content (AvgIpc) is 2.40. The molecule has 20 heavy (non-hydrogen) atoms. The molecule has 2 aromatic rings. The Morgan fingerprint density at radius 2 is 1.75 bits per heavy atom. The molecule has 0 atom stereocenters. The Hall–Kier alpha value is -1.35. The molecule has 9 heteroatoms. The van der Waals surface area contributed by atoms with Crippen LogP contribution >= 0.6 is 0 Å². The van der Waals surface area contributed by atoms with Gasteiger partial charge in [-0.15, -0.1) is 10.2 Å². The van der Waals surface area contributed by atoms with E-state index in [0.29, 0.717) is 11.6 Å². The molecule has 0 aliphatic heterocycles. The van der Waals surface area contributed by atoms with Gasteiger partial charge in [0.15, 0.2) is 5.82 Å². The average molecular weight is 303 g/mol. The van der Waals surface area contributed by atoms with Crippen molar-refractivity contribution in [2.45, 2.75) is 4.90 Å². The Balaban J connectivity index is 0.00000200. The van der Waals surface area contributed by atoms with E-state index in [4.69, 9.17) is 10.5 Å². The summed E-state index contributed by atoms with van der Waals surface area (Å²) in [6.45, 7) is 0. The van der Waals surface area contributed by atoms with Gasteiger partial charge in [0.05, 0.1) is 12.0 Å². The van der Waals surface area contributed by atoms with Crippen molar-refractivity contribution in [1.82, 2.24) is 10.2 Å². The summed E-state index contributed by atoms with van der Waals surface area (Å²) < 4.78 is 31.2. The van der Waals surface area contributed by atoms with Crippen LogP contribution in [0, 0.1) is 0 Å². The van der Waals surface area contributed by atoms with Gasteiger partial charge in [-0.05, 0) is 30.3 Å². The predicted octanol–water partition coefficient (Wildman–Crippen LogP) is 0.487. The number of nitrogens with one attached hydrogen (secondary N) is 1. The van der Waals surface area contributed by atoms with Gasteiger partial charge in [-0.25, -0.2) is 8.42 Å². The molecule has 0 saturated carbocycles. The van der Waals surface area contributed by atoms with E-state index < -0.39 is 10.0 Å². The SMILES string of the molecule is COc1ccc(NS(=O)(=O)c2ccc(N)cc2)nn1.[Na]. The molecular formula is C11H12N4NaO3S. The van der Waals surface area contributed by atoms with E-state index in [0.717, 1.165) is 0 Å². The molecule has 1 heterocycles. The van der Waals surface area contributed by atoms with Gasteiger partial charge < -0.3 is 10.5 Å². The molecule has 1 aromatic heterocycles. The summed E-state index contributed by atoms with van der Waals surface area (Å²) in [5.74, 6) is 0.410. The fraction of sp³-hybridized carbons (Fsp3) is 0.0909. The van der Waals surface area contributed by atoms with E-state index >= 15 is 0 Å². The van der Waals surface area contributed by atoms with E-state index in [-0.39, 0.29) is 40.3 Å². The molecule has 0 amide bonds. The third-order valence-electron chi connectivity index (χ3n) is 2.28. The summed E-state index contributed by atoms with van der Waals surface area (Å²) in [4.78, 5) is 0.0966. The number of hydrogen-bond donors (Lipinski definition) is 2. The van der Waals surface area contributed by atoms with Gasteiger partial charge in [0.1, 0.15) is 0 Å². The molecule has 0 aliphatic rings. The van der Waals surface area contributed by atoms with Crippen LogP contribution in [0.25, 0.3) is 0 Å². The van der Waals surface area contributed by atoms with E-state index in [1.54, 1.807) is 0 Å². The first-order chi connectivity index (χ1) is 9.01. The Morgan fingerprint density at radius 3 is 2.25 bits per heavy atom. The fourth-order valence-electron chi connectivity index (χ4n) is 1.33. The zero-order valence-corrected chi connectivity index (χ0v) is 13.9. The standard InChI is InChI=1S/C11H12N4O3S.Na/c1-18-11-7-6-10(13-14-11)15-19(16,17)9-4-2-8(12)3-5-9;/h2-7H,12H2,1H3,(H,13,15);. The van der Waals surface area contributed by atoms with E-state index in [2.05, 4.69) is 14.9 Å². The van der Waals surface area contributed by atoms with Gasteiger partial charge in [0.2, 0.25) is 5.88 Å². The van der Waals surface area contributed by atoms with Crippen molar-refractivity contribution in [2.75, 3.05) is 17.6 Å². The second kappa shape index (κ2) is 6.89. The number of benzene rings is 1. The maximum absolute atomic E-state index is 12.0. The molecule has 3 N–H and O–H groups in total. The molecule has 101 valence electrons. The molecular weight excluding hydrogens is 291 g/mol. The molecule has 1 radical (unpaired) electrons. The molecule has 0 spiro atoms. The number of sulfonamides is 1. The molecule has 0 fully saturated rings. The topological polar surface area (TPSA) is 107 Å². The number of hydrogen-bond acceptors (Lipinski definition) is 6. The zero-order valence-electron chi connectivity index (χ0n) is 11.1. The molecule has 2 rings (SSSR count). The molecule has 0 bridgehead atoms. The number of rotatable bonds is 4. The van der Waals surface area contributed by atoms with Gasteiger partial charge in [-0.1, -0.05) is 0 Å². The number of aromatic nitrogens is 2. The quantitative estimate of drug-likeness (QED) is 0.628. The minimum Gasteiger partial charge on any atom is -0.480 e. The van der Waals surface area contributed by atoms with Crippen LogP contribution in [0.2, 0.25) is 0 Å². The maximum Gasteiger partial charge on any atom is 0.263 e. The monoisotopic (exact) mass is 303 g/mol. The summed E-state index contributed by atoms with van der Waals surface area (Å²) in [7, 11) is -2.25. The second-order valence-electron chi connectivity index (χ2n) is 3.64. The van der Waals surface area contributed by atoms with Crippen LogP contribution in [-0.4, -0.2) is 55.3 Å². The minimum atomic E-state index is -3.70. The first-order valence-electron chi connectivity index (χ1n) is 5.27. The van der Waals surface area contributed by atoms with Gasteiger partial charge in [0.25, 0.3) is 10.0 Å². The van der Waals surface area contributed by atoms with Crippen LogP contribution in [0.15, 0.2) is 41.3 Å². The third kappa shape index (κ3) is 4.07. The Morgan fingerprint density at radius 1 is 1.10 bits per heavy atom. The van der Waals surface area contributed by atoms with Crippen molar-refractivity contribution in [3.8, 4) is 5.88 Å². The van der Waals surface area contributed by atoms with Gasteiger partial charge in [-0.3, -0.25) is 4.72 Å². The van der Waals surface area contributed by atoms with Gasteiger partial charge in [0, 0.05) is 41.3 Å². The molecule has 0 unspecified atom stereocenters.